The topological polar surface area (TPSA) is 127 Å². The molecule has 0 aliphatic rings. The van der Waals surface area contributed by atoms with Gasteiger partial charge in [0, 0.05) is 0 Å². The maximum atomic E-state index is 9.98. The van der Waals surface area contributed by atoms with Crippen LogP contribution in [0.5, 0.6) is 0 Å². The smallest absolute Gasteiger partial charge is 1.00 e. The van der Waals surface area contributed by atoms with Crippen LogP contribution in [0.3, 0.4) is 0 Å². The van der Waals surface area contributed by atoms with Crippen LogP contribution in [-0.4, -0.2) is 34.2 Å². The van der Waals surface area contributed by atoms with E-state index in [0.717, 1.165) is 0 Å². The van der Waals surface area contributed by atoms with Gasteiger partial charge in [0.05, 0.1) is 0 Å². The van der Waals surface area contributed by atoms with Crippen LogP contribution in [0.1, 0.15) is 2.85 Å². The van der Waals surface area contributed by atoms with E-state index in [1.54, 1.807) is 0 Å². The Morgan fingerprint density at radius 2 is 1.17 bits per heavy atom. The molecule has 0 aliphatic heterocycles. The summed E-state index contributed by atoms with van der Waals surface area (Å²) in [4.78, 5) is 20.0. The molecule has 0 aromatic heterocycles. The van der Waals surface area contributed by atoms with Crippen LogP contribution >= 0.6 is 0 Å². The zero-order valence-corrected chi connectivity index (χ0v) is 11.0. The normalized spacial score (nSPS) is 13.2. The summed E-state index contributed by atoms with van der Waals surface area (Å²) >= 11 is 0. The summed E-state index contributed by atoms with van der Waals surface area (Å²) in [6, 6.07) is -3.09. The van der Waals surface area contributed by atoms with Crippen LogP contribution in [0.25, 0.3) is 0 Å². The number of carboxylic acids is 2. The van der Waals surface area contributed by atoms with Crippen LogP contribution in [0.15, 0.2) is 0 Å². The molecule has 62 valence electrons. The van der Waals surface area contributed by atoms with E-state index in [-0.39, 0.29) is 62.0 Å². The zero-order chi connectivity index (χ0) is 8.31. The quantitative estimate of drug-likeness (QED) is 0.332. The van der Waals surface area contributed by atoms with Gasteiger partial charge in [-0.2, -0.15) is 0 Å². The molecule has 0 bridgehead atoms. The van der Waals surface area contributed by atoms with Gasteiger partial charge in [0.2, 0.25) is 0 Å². The molecular formula is C4H10N2Na2O4. The molecule has 12 heavy (non-hydrogen) atoms. The number of aliphatic carboxylic acids is 2. The predicted molar refractivity (Wildman–Crippen MR) is 33.4 cm³/mol. The minimum Gasteiger partial charge on any atom is -1.00 e. The van der Waals surface area contributed by atoms with E-state index in [0.29, 0.717) is 0 Å². The Hall–Kier alpha value is 0.860. The molecule has 6 nitrogen and oxygen atoms in total. The van der Waals surface area contributed by atoms with Gasteiger partial charge in [0.1, 0.15) is 12.1 Å². The Labute approximate surface area is 116 Å². The van der Waals surface area contributed by atoms with Gasteiger partial charge in [0.25, 0.3) is 0 Å². The first-order valence-corrected chi connectivity index (χ1v) is 2.43. The van der Waals surface area contributed by atoms with Crippen molar-refractivity contribution in [2.45, 2.75) is 12.1 Å². The van der Waals surface area contributed by atoms with Crippen LogP contribution in [0, 0.1) is 0 Å². The van der Waals surface area contributed by atoms with E-state index in [4.69, 9.17) is 21.7 Å². The van der Waals surface area contributed by atoms with Crippen LogP contribution in [0.2, 0.25) is 0 Å². The van der Waals surface area contributed by atoms with E-state index in [9.17, 15) is 9.59 Å². The van der Waals surface area contributed by atoms with Gasteiger partial charge in [-0.25, -0.2) is 0 Å². The maximum Gasteiger partial charge on any atom is 1.00 e. The average molecular weight is 196 g/mol. The minimum atomic E-state index is -1.54. The summed E-state index contributed by atoms with van der Waals surface area (Å²) in [6.07, 6.45) is 0. The Balaban J connectivity index is -0.0000000675. The van der Waals surface area contributed by atoms with Crippen LogP contribution in [-0.2, 0) is 9.59 Å². The Morgan fingerprint density at radius 3 is 1.25 bits per heavy atom. The molecule has 0 saturated heterocycles. The van der Waals surface area contributed by atoms with Gasteiger partial charge >= 0.3 is 71.1 Å². The standard InChI is InChI=1S/C4H8N2O4.2Na.2H/c5-1(3(7)8)2(6)4(9)10;;;;/h1-2H,5-6H2,(H,7,8)(H,9,10);;;;/q;2*+1;2*-1. The first kappa shape index (κ1) is 18.6. The largest absolute Gasteiger partial charge is 1.00 e. The first-order valence-electron chi connectivity index (χ1n) is 2.43. The summed E-state index contributed by atoms with van der Waals surface area (Å²) in [5.41, 5.74) is 9.71. The first-order chi connectivity index (χ1) is 4.46. The molecule has 8 heteroatoms. The summed E-state index contributed by atoms with van der Waals surface area (Å²) in [5.74, 6) is -2.84. The zero-order valence-electron chi connectivity index (χ0n) is 9.02. The molecular weight excluding hydrogens is 186 g/mol. The SMILES string of the molecule is NC(C(=O)O)C(N)C(=O)O.[H-].[H-].[Na+].[Na+]. The second kappa shape index (κ2) is 8.46. The third kappa shape index (κ3) is 6.38. The molecule has 0 aromatic rings. The van der Waals surface area contributed by atoms with Crippen molar-refractivity contribution in [2.24, 2.45) is 11.5 Å². The molecule has 0 amide bonds. The van der Waals surface area contributed by atoms with Crippen molar-refractivity contribution in [2.75, 3.05) is 0 Å². The fraction of sp³-hybridized carbons (Fsp3) is 0.500. The van der Waals surface area contributed by atoms with E-state index < -0.39 is 24.0 Å². The fourth-order valence-electron chi connectivity index (χ4n) is 0.307. The molecule has 0 heterocycles. The minimum absolute atomic E-state index is 0. The van der Waals surface area contributed by atoms with Crippen molar-refractivity contribution >= 4 is 11.9 Å². The van der Waals surface area contributed by atoms with E-state index in [2.05, 4.69) is 0 Å². The summed E-state index contributed by atoms with van der Waals surface area (Å²) < 4.78 is 0. The van der Waals surface area contributed by atoms with Crippen molar-refractivity contribution < 1.29 is 81.8 Å². The number of rotatable bonds is 3. The number of carboxylic acid groups (broad SMARTS) is 2. The molecule has 0 radical (unpaired) electrons. The van der Waals surface area contributed by atoms with Gasteiger partial charge in [-0.05, 0) is 0 Å². The summed E-state index contributed by atoms with van der Waals surface area (Å²) in [7, 11) is 0. The Kier molecular flexibility index (Phi) is 13.1. The Bertz CT molecular complexity index is 155. The van der Waals surface area contributed by atoms with Gasteiger partial charge in [-0.15, -0.1) is 0 Å². The molecule has 6 N–H and O–H groups in total. The molecule has 0 aromatic carbocycles. The van der Waals surface area contributed by atoms with E-state index >= 15 is 0 Å². The van der Waals surface area contributed by atoms with Crippen molar-refractivity contribution in [3.8, 4) is 0 Å². The van der Waals surface area contributed by atoms with Crippen molar-refractivity contribution in [3.63, 3.8) is 0 Å². The van der Waals surface area contributed by atoms with E-state index in [1.807, 2.05) is 0 Å². The maximum absolute atomic E-state index is 9.98. The van der Waals surface area contributed by atoms with Crippen LogP contribution < -0.4 is 70.6 Å². The number of carbonyl (C=O) groups is 2. The predicted octanol–water partition coefficient (Wildman–Crippen LogP) is -7.96. The second-order valence-electron chi connectivity index (χ2n) is 1.73. The van der Waals surface area contributed by atoms with Gasteiger partial charge in [-0.1, -0.05) is 0 Å². The molecule has 0 fully saturated rings. The van der Waals surface area contributed by atoms with E-state index in [1.165, 1.54) is 0 Å². The van der Waals surface area contributed by atoms with Gasteiger partial charge < -0.3 is 24.5 Å². The molecule has 2 unspecified atom stereocenters. The molecule has 0 rings (SSSR count). The number of nitrogens with two attached hydrogens (primary N) is 2. The number of hydrogen-bond donors (Lipinski definition) is 4. The summed E-state index contributed by atoms with van der Waals surface area (Å²) in [5, 5.41) is 16.3. The molecule has 0 spiro atoms. The fourth-order valence-corrected chi connectivity index (χ4v) is 0.307. The van der Waals surface area contributed by atoms with Crippen molar-refractivity contribution in [1.82, 2.24) is 0 Å². The number of hydrogen-bond acceptors (Lipinski definition) is 4. The monoisotopic (exact) mass is 196 g/mol. The third-order valence-corrected chi connectivity index (χ3v) is 0.957. The Morgan fingerprint density at radius 1 is 1.00 bits per heavy atom. The van der Waals surface area contributed by atoms with Crippen molar-refractivity contribution in [1.29, 1.82) is 0 Å². The van der Waals surface area contributed by atoms with Gasteiger partial charge in [-0.3, -0.25) is 9.59 Å². The summed E-state index contributed by atoms with van der Waals surface area (Å²) in [6.45, 7) is 0. The molecule has 0 aliphatic carbocycles. The third-order valence-electron chi connectivity index (χ3n) is 0.957. The molecule has 2 atom stereocenters. The average Bonchev–Trinajstić information content (AvgIpc) is 1.84. The second-order valence-corrected chi connectivity index (χ2v) is 1.73. The van der Waals surface area contributed by atoms with Crippen molar-refractivity contribution in [3.05, 3.63) is 0 Å². The molecule has 0 saturated carbocycles. The van der Waals surface area contributed by atoms with Crippen LogP contribution in [0.4, 0.5) is 0 Å². The van der Waals surface area contributed by atoms with Gasteiger partial charge in [0.15, 0.2) is 0 Å².